The largest absolute Gasteiger partial charge is 0.507 e. The fourth-order valence-electron chi connectivity index (χ4n) is 1.21. The molecule has 2 N–H and O–H groups in total. The topological polar surface area (TPSA) is 67.8 Å². The first-order valence-electron chi connectivity index (χ1n) is 4.31. The van der Waals surface area contributed by atoms with E-state index in [0.29, 0.717) is 5.75 Å². The molecule has 5 nitrogen and oxygen atoms in total. The van der Waals surface area contributed by atoms with Crippen LogP contribution in [0, 0.1) is 0 Å². The van der Waals surface area contributed by atoms with Crippen molar-refractivity contribution in [2.75, 3.05) is 21.3 Å². The maximum atomic E-state index is 11.4. The third-order valence-corrected chi connectivity index (χ3v) is 1.96. The zero-order valence-electron chi connectivity index (χ0n) is 8.83. The van der Waals surface area contributed by atoms with E-state index in [1.165, 1.54) is 33.4 Å². The summed E-state index contributed by atoms with van der Waals surface area (Å²) in [6.45, 7) is 0. The highest BCUT2D eigenvalue weighted by atomic mass is 16.5. The molecule has 0 bridgehead atoms. The Morgan fingerprint density at radius 2 is 2.00 bits per heavy atom. The Kier molecular flexibility index (Phi) is 3.38. The van der Waals surface area contributed by atoms with Crippen LogP contribution in [-0.2, 0) is 0 Å². The molecule has 0 unspecified atom stereocenters. The second kappa shape index (κ2) is 4.54. The number of methoxy groups -OCH3 is 2. The highest BCUT2D eigenvalue weighted by molar-refractivity contribution is 5.99. The quantitative estimate of drug-likeness (QED) is 0.774. The maximum absolute atomic E-state index is 11.4. The summed E-state index contributed by atoms with van der Waals surface area (Å²) in [4.78, 5) is 11.4. The van der Waals surface area contributed by atoms with Gasteiger partial charge in [0, 0.05) is 19.2 Å². The minimum absolute atomic E-state index is 0.0980. The summed E-state index contributed by atoms with van der Waals surface area (Å²) in [6, 6.07) is 2.89. The van der Waals surface area contributed by atoms with Gasteiger partial charge in [-0.25, -0.2) is 0 Å². The molecule has 1 aromatic carbocycles. The van der Waals surface area contributed by atoms with Gasteiger partial charge in [-0.05, 0) is 0 Å². The Hall–Kier alpha value is -1.91. The Labute approximate surface area is 87.6 Å². The first-order chi connectivity index (χ1) is 7.13. The predicted molar refractivity (Wildman–Crippen MR) is 54.6 cm³/mol. The van der Waals surface area contributed by atoms with Gasteiger partial charge in [-0.1, -0.05) is 0 Å². The SMILES string of the molecule is CNC(=O)c1c(O)cc(OC)cc1OC. The van der Waals surface area contributed by atoms with Crippen LogP contribution in [0.15, 0.2) is 12.1 Å². The number of benzene rings is 1. The molecule has 0 aliphatic rings. The lowest BCUT2D eigenvalue weighted by Crippen LogP contribution is -2.18. The molecule has 0 saturated carbocycles. The van der Waals surface area contributed by atoms with Gasteiger partial charge in [0.15, 0.2) is 0 Å². The lowest BCUT2D eigenvalue weighted by molar-refractivity contribution is 0.0957. The lowest BCUT2D eigenvalue weighted by atomic mass is 10.1. The van der Waals surface area contributed by atoms with Gasteiger partial charge in [-0.15, -0.1) is 0 Å². The van der Waals surface area contributed by atoms with Crippen molar-refractivity contribution in [2.45, 2.75) is 0 Å². The number of carbonyl (C=O) groups is 1. The molecule has 0 fully saturated rings. The summed E-state index contributed by atoms with van der Waals surface area (Å²) in [7, 11) is 4.36. The van der Waals surface area contributed by atoms with Crippen molar-refractivity contribution in [3.63, 3.8) is 0 Å². The van der Waals surface area contributed by atoms with Crippen molar-refractivity contribution in [1.29, 1.82) is 0 Å². The first-order valence-corrected chi connectivity index (χ1v) is 4.31. The zero-order chi connectivity index (χ0) is 11.4. The lowest BCUT2D eigenvalue weighted by Gasteiger charge is -2.11. The minimum Gasteiger partial charge on any atom is -0.507 e. The number of nitrogens with one attached hydrogen (secondary N) is 1. The molecule has 0 aliphatic heterocycles. The molecule has 0 saturated heterocycles. The van der Waals surface area contributed by atoms with Crippen molar-refractivity contribution in [1.82, 2.24) is 5.32 Å². The number of phenolic OH excluding ortho intramolecular Hbond substituents is 1. The van der Waals surface area contributed by atoms with Crippen LogP contribution in [0.2, 0.25) is 0 Å². The van der Waals surface area contributed by atoms with Gasteiger partial charge in [0.05, 0.1) is 14.2 Å². The number of aromatic hydroxyl groups is 1. The van der Waals surface area contributed by atoms with Crippen LogP contribution in [-0.4, -0.2) is 32.3 Å². The zero-order valence-corrected chi connectivity index (χ0v) is 8.83. The van der Waals surface area contributed by atoms with Gasteiger partial charge in [0.25, 0.3) is 5.91 Å². The van der Waals surface area contributed by atoms with Crippen molar-refractivity contribution < 1.29 is 19.4 Å². The third-order valence-electron chi connectivity index (χ3n) is 1.96. The Bertz CT molecular complexity index is 376. The van der Waals surface area contributed by atoms with E-state index < -0.39 is 5.91 Å². The number of ether oxygens (including phenoxy) is 2. The molecule has 1 amide bonds. The van der Waals surface area contributed by atoms with Crippen molar-refractivity contribution in [3.05, 3.63) is 17.7 Å². The van der Waals surface area contributed by atoms with Gasteiger partial charge in [-0.2, -0.15) is 0 Å². The highest BCUT2D eigenvalue weighted by Gasteiger charge is 2.17. The van der Waals surface area contributed by atoms with Gasteiger partial charge in [-0.3, -0.25) is 4.79 Å². The van der Waals surface area contributed by atoms with Gasteiger partial charge >= 0.3 is 0 Å². The number of rotatable bonds is 3. The average molecular weight is 211 g/mol. The molecule has 0 heterocycles. The Morgan fingerprint density at radius 1 is 1.33 bits per heavy atom. The molecule has 0 atom stereocenters. The minimum atomic E-state index is -0.410. The molecular weight excluding hydrogens is 198 g/mol. The summed E-state index contributed by atoms with van der Waals surface area (Å²) in [6.07, 6.45) is 0. The van der Waals surface area contributed by atoms with Gasteiger partial charge in [0.1, 0.15) is 22.8 Å². The van der Waals surface area contributed by atoms with E-state index in [-0.39, 0.29) is 17.1 Å². The summed E-state index contributed by atoms with van der Waals surface area (Å²) < 4.78 is 9.92. The van der Waals surface area contributed by atoms with Crippen LogP contribution in [0.1, 0.15) is 10.4 Å². The Balaban J connectivity index is 3.30. The fraction of sp³-hybridized carbons (Fsp3) is 0.300. The standard InChI is InChI=1S/C10H13NO4/c1-11-10(13)9-7(12)4-6(14-2)5-8(9)15-3/h4-5,12H,1-3H3,(H,11,13). The summed E-state index contributed by atoms with van der Waals surface area (Å²) in [5.74, 6) is 0.112. The number of hydrogen-bond donors (Lipinski definition) is 2. The van der Waals surface area contributed by atoms with Crippen LogP contribution >= 0.6 is 0 Å². The number of hydrogen-bond acceptors (Lipinski definition) is 4. The molecule has 82 valence electrons. The molecule has 0 aromatic heterocycles. The van der Waals surface area contributed by atoms with E-state index in [1.807, 2.05) is 0 Å². The predicted octanol–water partition coefficient (Wildman–Crippen LogP) is 0.769. The van der Waals surface area contributed by atoms with E-state index in [9.17, 15) is 9.90 Å². The molecular formula is C10H13NO4. The smallest absolute Gasteiger partial charge is 0.258 e. The second-order valence-corrected chi connectivity index (χ2v) is 2.80. The van der Waals surface area contributed by atoms with Crippen LogP contribution in [0.25, 0.3) is 0 Å². The van der Waals surface area contributed by atoms with Crippen LogP contribution in [0.4, 0.5) is 0 Å². The van der Waals surface area contributed by atoms with E-state index in [0.717, 1.165) is 0 Å². The molecule has 0 radical (unpaired) electrons. The Morgan fingerprint density at radius 3 is 2.47 bits per heavy atom. The summed E-state index contributed by atoms with van der Waals surface area (Å²) in [5.41, 5.74) is 0.0980. The highest BCUT2D eigenvalue weighted by Crippen LogP contribution is 2.32. The van der Waals surface area contributed by atoms with E-state index >= 15 is 0 Å². The molecule has 0 aliphatic carbocycles. The van der Waals surface area contributed by atoms with Gasteiger partial charge < -0.3 is 19.9 Å². The second-order valence-electron chi connectivity index (χ2n) is 2.80. The summed E-state index contributed by atoms with van der Waals surface area (Å²) in [5, 5.41) is 12.0. The van der Waals surface area contributed by atoms with Crippen LogP contribution in [0.3, 0.4) is 0 Å². The summed E-state index contributed by atoms with van der Waals surface area (Å²) >= 11 is 0. The van der Waals surface area contributed by atoms with Crippen molar-refractivity contribution in [3.8, 4) is 17.2 Å². The molecule has 1 aromatic rings. The fourth-order valence-corrected chi connectivity index (χ4v) is 1.21. The average Bonchev–Trinajstić information content (AvgIpc) is 2.26. The normalized spacial score (nSPS) is 9.53. The van der Waals surface area contributed by atoms with E-state index in [4.69, 9.17) is 9.47 Å². The number of phenols is 1. The molecule has 15 heavy (non-hydrogen) atoms. The number of amides is 1. The monoisotopic (exact) mass is 211 g/mol. The van der Waals surface area contributed by atoms with Crippen LogP contribution in [0.5, 0.6) is 17.2 Å². The van der Waals surface area contributed by atoms with Gasteiger partial charge in [0.2, 0.25) is 0 Å². The molecule has 5 heteroatoms. The van der Waals surface area contributed by atoms with Crippen molar-refractivity contribution >= 4 is 5.91 Å². The van der Waals surface area contributed by atoms with E-state index in [2.05, 4.69) is 5.32 Å². The first kappa shape index (κ1) is 11.2. The van der Waals surface area contributed by atoms with E-state index in [1.54, 1.807) is 0 Å². The molecule has 0 spiro atoms. The van der Waals surface area contributed by atoms with Crippen LogP contribution < -0.4 is 14.8 Å². The van der Waals surface area contributed by atoms with Crippen molar-refractivity contribution in [2.24, 2.45) is 0 Å². The molecule has 1 rings (SSSR count). The number of carbonyl (C=O) groups excluding carboxylic acids is 1. The third kappa shape index (κ3) is 2.12. The maximum Gasteiger partial charge on any atom is 0.258 e.